The Kier molecular flexibility index (Phi) is 7.91. The lowest BCUT2D eigenvalue weighted by atomic mass is 9.96. The number of thioether (sulfide) groups is 1. The van der Waals surface area contributed by atoms with E-state index >= 15 is 0 Å². The molecular weight excluding hydrogens is 439 g/mol. The molecule has 1 aliphatic carbocycles. The molecule has 0 saturated heterocycles. The number of carbonyl (C=O) groups excluding carboxylic acids is 2. The van der Waals surface area contributed by atoms with Crippen molar-refractivity contribution in [1.82, 2.24) is 15.5 Å². The number of anilines is 2. The standard InChI is InChI=1S/C18H20F3N5O2S2/c19-11-6-7-12(16(21)15(11)20)24-13(27)8-22-14(28)9-29-18-26-25-17(30-18)23-10-4-2-1-3-5-10/h6-7,10H,1-5,8-9H2,(H,22,28)(H,23,25)(H,24,27). The van der Waals surface area contributed by atoms with Gasteiger partial charge in [0, 0.05) is 6.04 Å². The van der Waals surface area contributed by atoms with Crippen molar-refractivity contribution in [1.29, 1.82) is 0 Å². The van der Waals surface area contributed by atoms with E-state index in [0.29, 0.717) is 16.4 Å². The minimum absolute atomic E-state index is 0.0187. The molecule has 0 aliphatic heterocycles. The molecule has 7 nitrogen and oxygen atoms in total. The molecule has 0 radical (unpaired) electrons. The van der Waals surface area contributed by atoms with Crippen molar-refractivity contribution in [2.45, 2.75) is 42.5 Å². The number of nitrogens with one attached hydrogen (secondary N) is 3. The first-order valence-corrected chi connectivity index (χ1v) is 11.2. The first kappa shape index (κ1) is 22.3. The molecule has 1 aliphatic rings. The molecule has 3 rings (SSSR count). The van der Waals surface area contributed by atoms with Gasteiger partial charge in [0.25, 0.3) is 0 Å². The molecular formula is C18H20F3N5O2S2. The Morgan fingerprint density at radius 1 is 1.07 bits per heavy atom. The number of halogens is 3. The fraction of sp³-hybridized carbons (Fsp3) is 0.444. The molecule has 2 amide bonds. The lowest BCUT2D eigenvalue weighted by Crippen LogP contribution is -2.34. The fourth-order valence-electron chi connectivity index (χ4n) is 2.92. The van der Waals surface area contributed by atoms with Crippen LogP contribution in [0.5, 0.6) is 0 Å². The zero-order valence-corrected chi connectivity index (χ0v) is 17.5. The summed E-state index contributed by atoms with van der Waals surface area (Å²) in [5, 5.41) is 16.6. The normalized spacial score (nSPS) is 14.4. The molecule has 12 heteroatoms. The summed E-state index contributed by atoms with van der Waals surface area (Å²) in [5.74, 6) is -5.72. The summed E-state index contributed by atoms with van der Waals surface area (Å²) in [6.07, 6.45) is 5.89. The topological polar surface area (TPSA) is 96.0 Å². The highest BCUT2D eigenvalue weighted by molar-refractivity contribution is 8.01. The van der Waals surface area contributed by atoms with E-state index in [2.05, 4.69) is 26.1 Å². The van der Waals surface area contributed by atoms with Crippen molar-refractivity contribution in [3.8, 4) is 0 Å². The monoisotopic (exact) mass is 459 g/mol. The predicted molar refractivity (Wildman–Crippen MR) is 109 cm³/mol. The highest BCUT2D eigenvalue weighted by Crippen LogP contribution is 2.28. The molecule has 1 heterocycles. The minimum atomic E-state index is -1.68. The van der Waals surface area contributed by atoms with Gasteiger partial charge in [-0.3, -0.25) is 9.59 Å². The molecule has 0 atom stereocenters. The Bertz CT molecular complexity index is 906. The van der Waals surface area contributed by atoms with E-state index in [9.17, 15) is 22.8 Å². The van der Waals surface area contributed by atoms with Gasteiger partial charge >= 0.3 is 0 Å². The van der Waals surface area contributed by atoms with E-state index in [4.69, 9.17) is 0 Å². The van der Waals surface area contributed by atoms with Crippen LogP contribution >= 0.6 is 23.1 Å². The molecule has 0 unspecified atom stereocenters. The van der Waals surface area contributed by atoms with Crippen LogP contribution in [0.4, 0.5) is 24.0 Å². The molecule has 1 aromatic heterocycles. The van der Waals surface area contributed by atoms with E-state index in [-0.39, 0.29) is 5.75 Å². The number of carbonyl (C=O) groups is 2. The fourth-order valence-corrected chi connectivity index (χ4v) is 4.58. The lowest BCUT2D eigenvalue weighted by Gasteiger charge is -2.21. The zero-order chi connectivity index (χ0) is 21.5. The lowest BCUT2D eigenvalue weighted by molar-refractivity contribution is -0.122. The van der Waals surface area contributed by atoms with Gasteiger partial charge in [0.2, 0.25) is 16.9 Å². The zero-order valence-electron chi connectivity index (χ0n) is 15.8. The average Bonchev–Trinajstić information content (AvgIpc) is 3.19. The Morgan fingerprint density at radius 3 is 2.60 bits per heavy atom. The summed E-state index contributed by atoms with van der Waals surface area (Å²) in [5.41, 5.74) is -0.505. The highest BCUT2D eigenvalue weighted by Gasteiger charge is 2.17. The van der Waals surface area contributed by atoms with Crippen molar-refractivity contribution in [2.75, 3.05) is 22.9 Å². The van der Waals surface area contributed by atoms with Crippen molar-refractivity contribution in [3.63, 3.8) is 0 Å². The van der Waals surface area contributed by atoms with Gasteiger partial charge in [-0.05, 0) is 25.0 Å². The third-order valence-corrected chi connectivity index (χ3v) is 6.41. The van der Waals surface area contributed by atoms with Crippen molar-refractivity contribution >= 4 is 45.7 Å². The van der Waals surface area contributed by atoms with Gasteiger partial charge in [-0.15, -0.1) is 10.2 Å². The van der Waals surface area contributed by atoms with Crippen molar-refractivity contribution in [3.05, 3.63) is 29.6 Å². The highest BCUT2D eigenvalue weighted by atomic mass is 32.2. The van der Waals surface area contributed by atoms with Gasteiger partial charge in [0.1, 0.15) is 0 Å². The molecule has 0 spiro atoms. The molecule has 162 valence electrons. The van der Waals surface area contributed by atoms with E-state index in [1.54, 1.807) is 0 Å². The summed E-state index contributed by atoms with van der Waals surface area (Å²) in [7, 11) is 0. The summed E-state index contributed by atoms with van der Waals surface area (Å²) in [6, 6.07) is 2.01. The number of aromatic nitrogens is 2. The number of amides is 2. The first-order valence-electron chi connectivity index (χ1n) is 9.35. The van der Waals surface area contributed by atoms with Gasteiger partial charge in [-0.1, -0.05) is 42.4 Å². The molecule has 30 heavy (non-hydrogen) atoms. The molecule has 1 fully saturated rings. The Balaban J connectivity index is 1.38. The third kappa shape index (κ3) is 6.33. The molecule has 1 saturated carbocycles. The molecule has 0 bridgehead atoms. The summed E-state index contributed by atoms with van der Waals surface area (Å²) in [4.78, 5) is 23.7. The maximum absolute atomic E-state index is 13.5. The maximum atomic E-state index is 13.5. The van der Waals surface area contributed by atoms with E-state index in [1.807, 2.05) is 0 Å². The molecule has 2 aromatic rings. The minimum Gasteiger partial charge on any atom is -0.357 e. The summed E-state index contributed by atoms with van der Waals surface area (Å²) in [6.45, 7) is -0.442. The van der Waals surface area contributed by atoms with Gasteiger partial charge < -0.3 is 16.0 Å². The smallest absolute Gasteiger partial charge is 0.243 e. The number of nitrogens with zero attached hydrogens (tertiary/aromatic N) is 2. The number of hydrogen-bond acceptors (Lipinski definition) is 7. The number of benzene rings is 1. The van der Waals surface area contributed by atoms with Crippen LogP contribution in [0.25, 0.3) is 0 Å². The second-order valence-electron chi connectivity index (χ2n) is 6.69. The quantitative estimate of drug-likeness (QED) is 0.413. The third-order valence-electron chi connectivity index (χ3n) is 4.42. The molecule has 3 N–H and O–H groups in total. The van der Waals surface area contributed by atoms with Crippen LogP contribution in [0.15, 0.2) is 16.5 Å². The van der Waals surface area contributed by atoms with Crippen LogP contribution in [-0.2, 0) is 9.59 Å². The van der Waals surface area contributed by atoms with Crippen LogP contribution in [0.2, 0.25) is 0 Å². The second kappa shape index (κ2) is 10.6. The number of rotatable bonds is 8. The largest absolute Gasteiger partial charge is 0.357 e. The first-order chi connectivity index (χ1) is 14.4. The molecule has 1 aromatic carbocycles. The van der Waals surface area contributed by atoms with Gasteiger partial charge in [0.15, 0.2) is 21.8 Å². The van der Waals surface area contributed by atoms with Crippen LogP contribution in [-0.4, -0.2) is 40.4 Å². The Hall–Kier alpha value is -2.34. The summed E-state index contributed by atoms with van der Waals surface area (Å²) < 4.78 is 40.2. The van der Waals surface area contributed by atoms with Crippen LogP contribution in [0, 0.1) is 17.5 Å². The van der Waals surface area contributed by atoms with Crippen LogP contribution in [0.3, 0.4) is 0 Å². The van der Waals surface area contributed by atoms with Crippen molar-refractivity contribution < 1.29 is 22.8 Å². The Morgan fingerprint density at radius 2 is 1.83 bits per heavy atom. The van der Waals surface area contributed by atoms with E-state index in [0.717, 1.165) is 24.0 Å². The van der Waals surface area contributed by atoms with Crippen molar-refractivity contribution in [2.24, 2.45) is 0 Å². The maximum Gasteiger partial charge on any atom is 0.243 e. The SMILES string of the molecule is O=C(CSc1nnc(NC2CCCCC2)s1)NCC(=O)Nc1ccc(F)c(F)c1F. The van der Waals surface area contributed by atoms with Crippen LogP contribution < -0.4 is 16.0 Å². The second-order valence-corrected chi connectivity index (χ2v) is 8.89. The van der Waals surface area contributed by atoms with Gasteiger partial charge in [-0.25, -0.2) is 13.2 Å². The summed E-state index contributed by atoms with van der Waals surface area (Å²) >= 11 is 2.54. The van der Waals surface area contributed by atoms with Gasteiger partial charge in [-0.2, -0.15) is 0 Å². The van der Waals surface area contributed by atoms with Crippen LogP contribution in [0.1, 0.15) is 32.1 Å². The average molecular weight is 460 g/mol. The number of hydrogen-bond donors (Lipinski definition) is 3. The van der Waals surface area contributed by atoms with Gasteiger partial charge in [0.05, 0.1) is 18.0 Å². The predicted octanol–water partition coefficient (Wildman–Crippen LogP) is 3.55. The van der Waals surface area contributed by atoms with E-state index < -0.39 is 41.5 Å². The van der Waals surface area contributed by atoms with E-state index in [1.165, 1.54) is 42.4 Å². The Labute approximate surface area is 179 Å².